The van der Waals surface area contributed by atoms with Crippen LogP contribution in [0.4, 0.5) is 0 Å². The summed E-state index contributed by atoms with van der Waals surface area (Å²) in [4.78, 5) is 11.5. The van der Waals surface area contributed by atoms with Crippen molar-refractivity contribution >= 4 is 5.97 Å². The molecule has 0 saturated carbocycles. The molecule has 5 heteroatoms. The predicted molar refractivity (Wildman–Crippen MR) is 62.9 cm³/mol. The molecule has 1 fully saturated rings. The van der Waals surface area contributed by atoms with Crippen molar-refractivity contribution in [3.63, 3.8) is 0 Å². The van der Waals surface area contributed by atoms with Gasteiger partial charge in [-0.3, -0.25) is 10.1 Å². The molecule has 1 rings (SSSR count). The zero-order valence-corrected chi connectivity index (χ0v) is 10.4. The third-order valence-corrected chi connectivity index (χ3v) is 2.50. The Morgan fingerprint density at radius 2 is 2.00 bits per heavy atom. The van der Waals surface area contributed by atoms with Crippen molar-refractivity contribution in [1.29, 1.82) is 0 Å². The maximum atomic E-state index is 11.5. The maximum Gasteiger partial charge on any atom is 0.320 e. The van der Waals surface area contributed by atoms with Crippen LogP contribution in [0.2, 0.25) is 0 Å². The molecule has 0 aromatic rings. The first-order valence-corrected chi connectivity index (χ1v) is 5.77. The first kappa shape index (κ1) is 13.4. The van der Waals surface area contributed by atoms with Crippen LogP contribution in [-0.2, 0) is 9.53 Å². The second kappa shape index (κ2) is 5.12. The van der Waals surface area contributed by atoms with Crippen molar-refractivity contribution in [2.24, 2.45) is 5.73 Å². The minimum absolute atomic E-state index is 0.174. The first-order valence-electron chi connectivity index (χ1n) is 5.77. The van der Waals surface area contributed by atoms with Crippen LogP contribution in [0.25, 0.3) is 0 Å². The lowest BCUT2D eigenvalue weighted by Gasteiger charge is -2.34. The lowest BCUT2D eigenvalue weighted by Crippen LogP contribution is -2.60. The zero-order valence-electron chi connectivity index (χ0n) is 10.4. The summed E-state index contributed by atoms with van der Waals surface area (Å²) < 4.78 is 5.20. The molecule has 16 heavy (non-hydrogen) atoms. The van der Waals surface area contributed by atoms with Crippen LogP contribution in [0.5, 0.6) is 0 Å². The molecular weight excluding hydrogens is 206 g/mol. The number of nitrogens with one attached hydrogen (secondary N) is 2. The molecule has 0 aromatic heterocycles. The summed E-state index contributed by atoms with van der Waals surface area (Å²) in [6.07, 6.45) is 1.66. The van der Waals surface area contributed by atoms with Crippen molar-refractivity contribution in [3.8, 4) is 0 Å². The van der Waals surface area contributed by atoms with Crippen molar-refractivity contribution in [2.45, 2.75) is 44.9 Å². The van der Waals surface area contributed by atoms with Gasteiger partial charge in [-0.1, -0.05) is 0 Å². The fourth-order valence-electron chi connectivity index (χ4n) is 1.68. The molecule has 0 bridgehead atoms. The molecule has 1 heterocycles. The van der Waals surface area contributed by atoms with Gasteiger partial charge in [-0.15, -0.1) is 0 Å². The van der Waals surface area contributed by atoms with Gasteiger partial charge in [-0.25, -0.2) is 0 Å². The van der Waals surface area contributed by atoms with E-state index in [4.69, 9.17) is 10.5 Å². The number of hydrogen-bond donors (Lipinski definition) is 3. The van der Waals surface area contributed by atoms with Crippen LogP contribution in [0.3, 0.4) is 0 Å². The van der Waals surface area contributed by atoms with Crippen LogP contribution in [0.15, 0.2) is 0 Å². The van der Waals surface area contributed by atoms with Gasteiger partial charge in [0, 0.05) is 0 Å². The molecule has 5 nitrogen and oxygen atoms in total. The van der Waals surface area contributed by atoms with Crippen molar-refractivity contribution in [1.82, 2.24) is 10.6 Å². The summed E-state index contributed by atoms with van der Waals surface area (Å²) in [7, 11) is 0. The second-order valence-electron chi connectivity index (χ2n) is 5.35. The predicted octanol–water partition coefficient (Wildman–Crippen LogP) is -0.0439. The third-order valence-electron chi connectivity index (χ3n) is 2.50. The molecular formula is C11H23N3O2. The van der Waals surface area contributed by atoms with Gasteiger partial charge in [0.2, 0.25) is 0 Å². The third kappa shape index (κ3) is 4.92. The van der Waals surface area contributed by atoms with Crippen molar-refractivity contribution < 1.29 is 9.53 Å². The number of ether oxygens (including phenoxy) is 1. The molecule has 4 N–H and O–H groups in total. The number of hydrogen-bond acceptors (Lipinski definition) is 5. The summed E-state index contributed by atoms with van der Waals surface area (Å²) in [5.41, 5.74) is 5.25. The maximum absolute atomic E-state index is 11.5. The SMILES string of the molecule is CC(C)(C)OC(=O)CNC1(N)CCNCC1. The van der Waals surface area contributed by atoms with E-state index in [9.17, 15) is 4.79 Å². The Morgan fingerprint density at radius 3 is 2.50 bits per heavy atom. The highest BCUT2D eigenvalue weighted by Crippen LogP contribution is 2.11. The molecule has 0 amide bonds. The minimum Gasteiger partial charge on any atom is -0.459 e. The van der Waals surface area contributed by atoms with E-state index in [1.807, 2.05) is 20.8 Å². The first-order chi connectivity index (χ1) is 7.31. The van der Waals surface area contributed by atoms with E-state index in [-0.39, 0.29) is 12.5 Å². The van der Waals surface area contributed by atoms with Crippen molar-refractivity contribution in [3.05, 3.63) is 0 Å². The van der Waals surface area contributed by atoms with E-state index in [2.05, 4.69) is 10.6 Å². The van der Waals surface area contributed by atoms with Crippen molar-refractivity contribution in [2.75, 3.05) is 19.6 Å². The molecule has 94 valence electrons. The number of piperidine rings is 1. The van der Waals surface area contributed by atoms with E-state index in [0.717, 1.165) is 25.9 Å². The number of rotatable bonds is 3. The number of esters is 1. The summed E-state index contributed by atoms with van der Waals surface area (Å²) >= 11 is 0. The van der Waals surface area contributed by atoms with Crippen LogP contribution in [-0.4, -0.2) is 36.9 Å². The topological polar surface area (TPSA) is 76.4 Å². The summed E-state index contributed by atoms with van der Waals surface area (Å²) in [5, 5.41) is 6.31. The van der Waals surface area contributed by atoms with Gasteiger partial charge < -0.3 is 15.8 Å². The molecule has 0 radical (unpaired) electrons. The minimum atomic E-state index is -0.436. The fraction of sp³-hybridized carbons (Fsp3) is 0.909. The lowest BCUT2D eigenvalue weighted by molar-refractivity contribution is -0.154. The van der Waals surface area contributed by atoms with E-state index < -0.39 is 11.3 Å². The van der Waals surface area contributed by atoms with Gasteiger partial charge >= 0.3 is 5.97 Å². The Balaban J connectivity index is 2.30. The normalized spacial score (nSPS) is 20.5. The Hall–Kier alpha value is -0.650. The monoisotopic (exact) mass is 229 g/mol. The van der Waals surface area contributed by atoms with E-state index in [0.29, 0.717) is 0 Å². The van der Waals surface area contributed by atoms with Gasteiger partial charge in [-0.05, 0) is 46.7 Å². The summed E-state index contributed by atoms with van der Waals surface area (Å²) in [5.74, 6) is -0.254. The Labute approximate surface area is 97.1 Å². The Kier molecular flexibility index (Phi) is 4.29. The van der Waals surface area contributed by atoms with E-state index in [1.165, 1.54) is 0 Å². The zero-order chi connectivity index (χ0) is 12.2. The molecule has 1 saturated heterocycles. The molecule has 0 spiro atoms. The number of nitrogens with two attached hydrogens (primary N) is 1. The highest BCUT2D eigenvalue weighted by atomic mass is 16.6. The average molecular weight is 229 g/mol. The molecule has 0 unspecified atom stereocenters. The second-order valence-corrected chi connectivity index (χ2v) is 5.35. The van der Waals surface area contributed by atoms with Crippen LogP contribution >= 0.6 is 0 Å². The molecule has 0 atom stereocenters. The van der Waals surface area contributed by atoms with Crippen LogP contribution in [0, 0.1) is 0 Å². The molecule has 1 aliphatic rings. The highest BCUT2D eigenvalue weighted by Gasteiger charge is 2.28. The Morgan fingerprint density at radius 1 is 1.44 bits per heavy atom. The molecule has 0 aromatic carbocycles. The van der Waals surface area contributed by atoms with Gasteiger partial charge in [0.25, 0.3) is 0 Å². The quantitative estimate of drug-likeness (QED) is 0.467. The van der Waals surface area contributed by atoms with Gasteiger partial charge in [0.1, 0.15) is 5.60 Å². The average Bonchev–Trinajstić information content (AvgIpc) is 2.14. The van der Waals surface area contributed by atoms with Crippen LogP contribution in [0.1, 0.15) is 33.6 Å². The van der Waals surface area contributed by atoms with E-state index >= 15 is 0 Å². The number of carbonyl (C=O) groups is 1. The Bertz CT molecular complexity index is 242. The standard InChI is InChI=1S/C11H23N3O2/c1-10(2,3)16-9(15)8-14-11(12)4-6-13-7-5-11/h13-14H,4-8,12H2,1-3H3. The smallest absolute Gasteiger partial charge is 0.320 e. The lowest BCUT2D eigenvalue weighted by atomic mass is 9.99. The summed E-state index contributed by atoms with van der Waals surface area (Å²) in [6, 6.07) is 0. The fourth-order valence-corrected chi connectivity index (χ4v) is 1.68. The van der Waals surface area contributed by atoms with Gasteiger partial charge in [0.05, 0.1) is 12.2 Å². The largest absolute Gasteiger partial charge is 0.459 e. The van der Waals surface area contributed by atoms with Gasteiger partial charge in [-0.2, -0.15) is 0 Å². The highest BCUT2D eigenvalue weighted by molar-refractivity contribution is 5.72. The number of carbonyl (C=O) groups excluding carboxylic acids is 1. The summed E-state index contributed by atoms with van der Waals surface area (Å²) in [6.45, 7) is 7.51. The van der Waals surface area contributed by atoms with Crippen LogP contribution < -0.4 is 16.4 Å². The molecule has 0 aliphatic carbocycles. The van der Waals surface area contributed by atoms with Gasteiger partial charge in [0.15, 0.2) is 0 Å². The van der Waals surface area contributed by atoms with E-state index in [1.54, 1.807) is 0 Å². The molecule has 1 aliphatic heterocycles.